The zero-order valence-electron chi connectivity index (χ0n) is 22.5. The summed E-state index contributed by atoms with van der Waals surface area (Å²) in [4.78, 5) is 26.4. The molecule has 0 saturated heterocycles. The van der Waals surface area contributed by atoms with E-state index in [0.717, 1.165) is 0 Å². The Morgan fingerprint density at radius 2 is 1.78 bits per heavy atom. The number of hydrogen-bond acceptors (Lipinski definition) is 10. The lowest BCUT2D eigenvalue weighted by molar-refractivity contribution is -0.00320. The topological polar surface area (TPSA) is 145 Å². The van der Waals surface area contributed by atoms with Gasteiger partial charge in [0.25, 0.3) is 14.1 Å². The van der Waals surface area contributed by atoms with Gasteiger partial charge in [0.05, 0.1) is 44.5 Å². The number of rotatable bonds is 16. The Bertz CT molecular complexity index is 1020. The van der Waals surface area contributed by atoms with Crippen LogP contribution in [-0.2, 0) is 27.4 Å². The third-order valence-corrected chi connectivity index (χ3v) is 9.58. The third-order valence-electron chi connectivity index (χ3n) is 5.65. The van der Waals surface area contributed by atoms with Crippen molar-refractivity contribution in [1.29, 1.82) is 5.26 Å². The molecule has 1 aliphatic carbocycles. The lowest BCUT2D eigenvalue weighted by Crippen LogP contribution is -2.36. The molecule has 1 aliphatic rings. The Kier molecular flexibility index (Phi) is 13.1. The molecule has 0 aromatic carbocycles. The number of aromatic amines is 1. The van der Waals surface area contributed by atoms with E-state index in [4.69, 9.17) is 28.1 Å². The molecule has 210 valence electrons. The highest BCUT2D eigenvalue weighted by atomic mass is 31.2. The van der Waals surface area contributed by atoms with Gasteiger partial charge in [-0.05, 0) is 54.4 Å². The van der Waals surface area contributed by atoms with E-state index in [0.29, 0.717) is 12.8 Å². The van der Waals surface area contributed by atoms with Gasteiger partial charge in [0, 0.05) is 30.4 Å². The SMILES string of the molecule is CCOP(=O)(CO[C@@H]1CC(n2ccc(=O)[nH]c2=O)CC1OP(OCCC#N)N(C(C)C)C(C)C)OCC. The second-order valence-corrected chi connectivity index (χ2v) is 12.5. The van der Waals surface area contributed by atoms with E-state index < -0.39 is 39.6 Å². The van der Waals surface area contributed by atoms with E-state index >= 15 is 0 Å². The molecule has 0 spiro atoms. The minimum absolute atomic E-state index is 0.0997. The average Bonchev–Trinajstić information content (AvgIpc) is 3.20. The van der Waals surface area contributed by atoms with Crippen LogP contribution in [0.5, 0.6) is 0 Å². The highest BCUT2D eigenvalue weighted by molar-refractivity contribution is 7.53. The molecule has 1 heterocycles. The number of ether oxygens (including phenoxy) is 1. The predicted octanol–water partition coefficient (Wildman–Crippen LogP) is 4.14. The molecule has 0 bridgehead atoms. The lowest BCUT2D eigenvalue weighted by atomic mass is 10.2. The van der Waals surface area contributed by atoms with Gasteiger partial charge in [0.2, 0.25) is 0 Å². The van der Waals surface area contributed by atoms with Crippen LogP contribution in [0.15, 0.2) is 21.9 Å². The molecule has 2 rings (SSSR count). The van der Waals surface area contributed by atoms with Crippen LogP contribution in [0.3, 0.4) is 0 Å². The van der Waals surface area contributed by atoms with Crippen molar-refractivity contribution in [2.75, 3.05) is 26.2 Å². The molecule has 4 atom stereocenters. The highest BCUT2D eigenvalue weighted by Gasteiger charge is 2.42. The van der Waals surface area contributed by atoms with Gasteiger partial charge in [-0.15, -0.1) is 0 Å². The number of nitriles is 1. The summed E-state index contributed by atoms with van der Waals surface area (Å²) in [5.41, 5.74) is -1.00. The number of nitrogens with one attached hydrogen (secondary N) is 1. The van der Waals surface area contributed by atoms with Gasteiger partial charge in [-0.2, -0.15) is 5.26 Å². The summed E-state index contributed by atoms with van der Waals surface area (Å²) in [5.74, 6) is 0. The number of aromatic nitrogens is 2. The van der Waals surface area contributed by atoms with Gasteiger partial charge in [0.1, 0.15) is 6.35 Å². The van der Waals surface area contributed by atoms with Crippen molar-refractivity contribution < 1.29 is 27.4 Å². The summed E-state index contributed by atoms with van der Waals surface area (Å²) < 4.78 is 46.0. The average molecular weight is 563 g/mol. The molecule has 0 amide bonds. The van der Waals surface area contributed by atoms with Gasteiger partial charge in [-0.25, -0.2) is 9.46 Å². The predicted molar refractivity (Wildman–Crippen MR) is 140 cm³/mol. The van der Waals surface area contributed by atoms with Crippen LogP contribution in [0.2, 0.25) is 0 Å². The largest absolute Gasteiger partial charge is 0.363 e. The van der Waals surface area contributed by atoms with Crippen LogP contribution in [0, 0.1) is 11.3 Å². The Morgan fingerprint density at radius 1 is 1.16 bits per heavy atom. The molecule has 1 fully saturated rings. The molecule has 3 unspecified atom stereocenters. The zero-order valence-corrected chi connectivity index (χ0v) is 24.3. The number of H-pyrrole nitrogens is 1. The van der Waals surface area contributed by atoms with Crippen molar-refractivity contribution >= 4 is 16.1 Å². The van der Waals surface area contributed by atoms with Crippen molar-refractivity contribution in [2.24, 2.45) is 0 Å². The maximum absolute atomic E-state index is 13.0. The quantitative estimate of drug-likeness (QED) is 0.230. The second kappa shape index (κ2) is 15.2. The van der Waals surface area contributed by atoms with Gasteiger partial charge < -0.3 is 22.8 Å². The van der Waals surface area contributed by atoms with Crippen LogP contribution >= 0.6 is 16.1 Å². The summed E-state index contributed by atoms with van der Waals surface area (Å²) in [5, 5.41) is 9.00. The maximum Gasteiger partial charge on any atom is 0.356 e. The summed E-state index contributed by atoms with van der Waals surface area (Å²) >= 11 is 0. The number of nitrogens with zero attached hydrogens (tertiary/aromatic N) is 3. The fourth-order valence-electron chi connectivity index (χ4n) is 4.27. The van der Waals surface area contributed by atoms with Crippen LogP contribution in [0.1, 0.15) is 66.8 Å². The zero-order chi connectivity index (χ0) is 27.6. The standard InChI is InChI=1S/C23H40N4O8P2/c1-7-33-37(30,34-8-2)16-31-20-14-19(26-12-10-22(28)25-23(26)29)15-21(20)35-36(32-13-9-11-24)27(17(3)4)18(5)6/h10,12,17-21H,7-9,13-16H2,1-6H3,(H,25,28,29)/t19?,20-,21?,36?/m1/s1. The van der Waals surface area contributed by atoms with E-state index in [1.165, 1.54) is 16.8 Å². The highest BCUT2D eigenvalue weighted by Crippen LogP contribution is 2.52. The maximum atomic E-state index is 13.0. The van der Waals surface area contributed by atoms with Gasteiger partial charge >= 0.3 is 13.3 Å². The fourth-order valence-corrected chi connectivity index (χ4v) is 7.41. The molecule has 1 aromatic heterocycles. The molecule has 14 heteroatoms. The van der Waals surface area contributed by atoms with Crippen LogP contribution < -0.4 is 11.2 Å². The smallest absolute Gasteiger partial charge is 0.356 e. The van der Waals surface area contributed by atoms with E-state index in [2.05, 4.69) is 15.7 Å². The summed E-state index contributed by atoms with van der Waals surface area (Å²) in [7, 11) is -5.06. The van der Waals surface area contributed by atoms with Crippen LogP contribution in [-0.4, -0.2) is 64.7 Å². The Labute approximate surface area is 219 Å². The normalized spacial score (nSPS) is 21.1. The van der Waals surface area contributed by atoms with Crippen molar-refractivity contribution in [3.63, 3.8) is 0 Å². The van der Waals surface area contributed by atoms with Crippen molar-refractivity contribution in [3.8, 4) is 6.07 Å². The van der Waals surface area contributed by atoms with Crippen molar-refractivity contribution in [1.82, 2.24) is 14.2 Å². The van der Waals surface area contributed by atoms with E-state index in [1.54, 1.807) is 13.8 Å². The van der Waals surface area contributed by atoms with E-state index in [1.807, 2.05) is 27.7 Å². The van der Waals surface area contributed by atoms with Crippen molar-refractivity contribution in [2.45, 2.75) is 91.1 Å². The molecular weight excluding hydrogens is 522 g/mol. The van der Waals surface area contributed by atoms with E-state index in [9.17, 15) is 14.2 Å². The molecule has 1 saturated carbocycles. The first-order valence-corrected chi connectivity index (χ1v) is 15.5. The van der Waals surface area contributed by atoms with Gasteiger partial charge in [-0.1, -0.05) is 0 Å². The van der Waals surface area contributed by atoms with Gasteiger partial charge in [-0.3, -0.25) is 18.9 Å². The van der Waals surface area contributed by atoms with Crippen LogP contribution in [0.25, 0.3) is 0 Å². The lowest BCUT2D eigenvalue weighted by Gasteiger charge is -2.37. The monoisotopic (exact) mass is 562 g/mol. The minimum atomic E-state index is -3.48. The van der Waals surface area contributed by atoms with Crippen LogP contribution in [0.4, 0.5) is 0 Å². The molecular formula is C23H40N4O8P2. The molecule has 1 aromatic rings. The molecule has 1 N–H and O–H groups in total. The first-order chi connectivity index (χ1) is 17.5. The minimum Gasteiger partial charge on any atom is -0.363 e. The summed E-state index contributed by atoms with van der Waals surface area (Å²) in [6.45, 7) is 12.2. The first-order valence-electron chi connectivity index (χ1n) is 12.6. The molecule has 12 nitrogen and oxygen atoms in total. The number of hydrogen-bond donors (Lipinski definition) is 1. The summed E-state index contributed by atoms with van der Waals surface area (Å²) in [6, 6.07) is 3.24. The first kappa shape index (κ1) is 31.8. The Morgan fingerprint density at radius 3 is 2.32 bits per heavy atom. The van der Waals surface area contributed by atoms with Crippen molar-refractivity contribution in [3.05, 3.63) is 33.1 Å². The molecule has 0 aliphatic heterocycles. The summed E-state index contributed by atoms with van der Waals surface area (Å²) in [6.07, 6.45) is 1.11. The fraction of sp³-hybridized carbons (Fsp3) is 0.783. The third kappa shape index (κ3) is 9.38. The molecule has 0 radical (unpaired) electrons. The molecule has 37 heavy (non-hydrogen) atoms. The van der Waals surface area contributed by atoms with Gasteiger partial charge in [0.15, 0.2) is 0 Å². The van der Waals surface area contributed by atoms with E-state index in [-0.39, 0.29) is 50.7 Å². The second-order valence-electron chi connectivity index (χ2n) is 9.11. The Balaban J connectivity index is 2.34. The Hall–Kier alpha value is -1.41.